The first-order valence-electron chi connectivity index (χ1n) is 5.75. The van der Waals surface area contributed by atoms with Crippen LogP contribution in [0.4, 0.5) is 5.82 Å². The van der Waals surface area contributed by atoms with Gasteiger partial charge in [-0.15, -0.1) is 0 Å². The Labute approximate surface area is 95.7 Å². The summed E-state index contributed by atoms with van der Waals surface area (Å²) in [6.45, 7) is 6.22. The Morgan fingerprint density at radius 2 is 2.06 bits per heavy atom. The molecule has 0 saturated carbocycles. The lowest BCUT2D eigenvalue weighted by atomic mass is 9.99. The van der Waals surface area contributed by atoms with Crippen LogP contribution in [0.2, 0.25) is 0 Å². The maximum Gasteiger partial charge on any atom is 0.194 e. The first-order valence-corrected chi connectivity index (χ1v) is 5.75. The summed E-state index contributed by atoms with van der Waals surface area (Å²) in [6, 6.07) is 1.95. The van der Waals surface area contributed by atoms with Gasteiger partial charge in [-0.25, -0.2) is 9.97 Å². The van der Waals surface area contributed by atoms with E-state index in [2.05, 4.69) is 21.8 Å². The summed E-state index contributed by atoms with van der Waals surface area (Å²) in [5.74, 6) is 1.97. The van der Waals surface area contributed by atoms with Crippen molar-refractivity contribution in [3.05, 3.63) is 17.6 Å². The second-order valence-corrected chi connectivity index (χ2v) is 4.51. The number of carbonyl (C=O) groups is 1. The van der Waals surface area contributed by atoms with Crippen molar-refractivity contribution in [2.45, 2.75) is 26.7 Å². The maximum atomic E-state index is 10.7. The molecule has 4 nitrogen and oxygen atoms in total. The van der Waals surface area contributed by atoms with E-state index in [-0.39, 0.29) is 5.82 Å². The maximum absolute atomic E-state index is 10.7. The zero-order chi connectivity index (χ0) is 11.5. The number of aromatic nitrogens is 2. The molecular formula is C12H17N3O. The molecular weight excluding hydrogens is 202 g/mol. The average Bonchev–Trinajstić information content (AvgIpc) is 2.29. The van der Waals surface area contributed by atoms with Crippen LogP contribution in [0.3, 0.4) is 0 Å². The van der Waals surface area contributed by atoms with E-state index in [9.17, 15) is 4.79 Å². The van der Waals surface area contributed by atoms with Crippen molar-refractivity contribution < 1.29 is 4.79 Å². The number of nitrogens with zero attached hydrogens (tertiary/aromatic N) is 3. The number of rotatable bonds is 2. The normalized spacial score (nSPS) is 17.5. The highest BCUT2D eigenvalue weighted by Gasteiger charge is 2.17. The number of aryl methyl sites for hydroxylation is 1. The molecule has 0 unspecified atom stereocenters. The van der Waals surface area contributed by atoms with Crippen molar-refractivity contribution >= 4 is 12.1 Å². The van der Waals surface area contributed by atoms with Gasteiger partial charge in [-0.05, 0) is 25.7 Å². The van der Waals surface area contributed by atoms with Crippen LogP contribution < -0.4 is 4.90 Å². The van der Waals surface area contributed by atoms with E-state index in [4.69, 9.17) is 0 Å². The molecule has 0 aliphatic carbocycles. The van der Waals surface area contributed by atoms with Crippen LogP contribution in [-0.4, -0.2) is 29.3 Å². The van der Waals surface area contributed by atoms with Crippen molar-refractivity contribution in [1.82, 2.24) is 9.97 Å². The monoisotopic (exact) mass is 219 g/mol. The van der Waals surface area contributed by atoms with Crippen LogP contribution in [0.15, 0.2) is 6.07 Å². The molecule has 1 saturated heterocycles. The molecule has 1 aliphatic rings. The van der Waals surface area contributed by atoms with Crippen LogP contribution in [0.1, 0.15) is 36.1 Å². The zero-order valence-electron chi connectivity index (χ0n) is 9.81. The SMILES string of the molecule is Cc1cc(N2CCC(C)CC2)nc(C=O)n1. The van der Waals surface area contributed by atoms with Crippen LogP contribution >= 0.6 is 0 Å². The van der Waals surface area contributed by atoms with E-state index in [0.717, 1.165) is 30.5 Å². The number of aldehydes is 1. The standard InChI is InChI=1S/C12H17N3O/c1-9-3-5-15(6-4-9)12-7-10(2)13-11(8-16)14-12/h7-9H,3-6H2,1-2H3. The number of hydrogen-bond donors (Lipinski definition) is 0. The Balaban J connectivity index is 2.19. The number of hydrogen-bond acceptors (Lipinski definition) is 4. The van der Waals surface area contributed by atoms with Crippen molar-refractivity contribution in [3.63, 3.8) is 0 Å². The second kappa shape index (κ2) is 4.60. The average molecular weight is 219 g/mol. The highest BCUT2D eigenvalue weighted by atomic mass is 16.1. The first-order chi connectivity index (χ1) is 7.69. The third kappa shape index (κ3) is 2.38. The van der Waals surface area contributed by atoms with Gasteiger partial charge in [-0.3, -0.25) is 4.79 Å². The van der Waals surface area contributed by atoms with Gasteiger partial charge < -0.3 is 4.90 Å². The Bertz CT molecular complexity index is 384. The van der Waals surface area contributed by atoms with Gasteiger partial charge in [-0.2, -0.15) is 0 Å². The second-order valence-electron chi connectivity index (χ2n) is 4.51. The molecule has 0 radical (unpaired) electrons. The van der Waals surface area contributed by atoms with Gasteiger partial charge in [0.05, 0.1) is 0 Å². The molecule has 4 heteroatoms. The quantitative estimate of drug-likeness (QED) is 0.712. The third-order valence-electron chi connectivity index (χ3n) is 3.07. The summed E-state index contributed by atoms with van der Waals surface area (Å²) in [6.07, 6.45) is 3.10. The van der Waals surface area contributed by atoms with Crippen molar-refractivity contribution in [1.29, 1.82) is 0 Å². The predicted octanol–water partition coefficient (Wildman–Crippen LogP) is 1.83. The lowest BCUT2D eigenvalue weighted by molar-refractivity contribution is 0.111. The Morgan fingerprint density at radius 3 is 2.69 bits per heavy atom. The van der Waals surface area contributed by atoms with Crippen molar-refractivity contribution in [2.24, 2.45) is 5.92 Å². The van der Waals surface area contributed by atoms with E-state index >= 15 is 0 Å². The highest BCUT2D eigenvalue weighted by molar-refractivity contribution is 5.69. The van der Waals surface area contributed by atoms with Gasteiger partial charge in [0.2, 0.25) is 0 Å². The Hall–Kier alpha value is -1.45. The summed E-state index contributed by atoms with van der Waals surface area (Å²) in [5.41, 5.74) is 0.853. The molecule has 0 amide bonds. The third-order valence-corrected chi connectivity index (χ3v) is 3.07. The van der Waals surface area contributed by atoms with E-state index in [1.165, 1.54) is 12.8 Å². The van der Waals surface area contributed by atoms with Gasteiger partial charge in [-0.1, -0.05) is 6.92 Å². The Morgan fingerprint density at radius 1 is 1.38 bits per heavy atom. The topological polar surface area (TPSA) is 46.1 Å². The van der Waals surface area contributed by atoms with Gasteiger partial charge in [0.1, 0.15) is 5.82 Å². The molecule has 0 atom stereocenters. The lowest BCUT2D eigenvalue weighted by Crippen LogP contribution is -2.33. The first kappa shape index (κ1) is 11.0. The lowest BCUT2D eigenvalue weighted by Gasteiger charge is -2.31. The summed E-state index contributed by atoms with van der Waals surface area (Å²) < 4.78 is 0. The van der Waals surface area contributed by atoms with Gasteiger partial charge in [0, 0.05) is 24.8 Å². The van der Waals surface area contributed by atoms with E-state index in [0.29, 0.717) is 6.29 Å². The molecule has 16 heavy (non-hydrogen) atoms. The number of anilines is 1. The summed E-state index contributed by atoms with van der Waals surface area (Å²) in [4.78, 5) is 21.2. The summed E-state index contributed by atoms with van der Waals surface area (Å²) in [7, 11) is 0. The molecule has 1 fully saturated rings. The molecule has 1 aliphatic heterocycles. The molecule has 0 N–H and O–H groups in total. The van der Waals surface area contributed by atoms with Crippen LogP contribution in [0.25, 0.3) is 0 Å². The van der Waals surface area contributed by atoms with E-state index in [1.807, 2.05) is 13.0 Å². The van der Waals surface area contributed by atoms with Crippen LogP contribution in [0, 0.1) is 12.8 Å². The summed E-state index contributed by atoms with van der Waals surface area (Å²) in [5, 5.41) is 0. The fourth-order valence-electron chi connectivity index (χ4n) is 2.03. The van der Waals surface area contributed by atoms with E-state index in [1.54, 1.807) is 0 Å². The minimum absolute atomic E-state index is 0.286. The van der Waals surface area contributed by atoms with Gasteiger partial charge in [0.15, 0.2) is 12.1 Å². The number of piperidine rings is 1. The smallest absolute Gasteiger partial charge is 0.194 e. The summed E-state index contributed by atoms with van der Waals surface area (Å²) >= 11 is 0. The molecule has 2 rings (SSSR count). The van der Waals surface area contributed by atoms with Crippen LogP contribution in [0.5, 0.6) is 0 Å². The van der Waals surface area contributed by atoms with E-state index < -0.39 is 0 Å². The molecule has 1 aromatic rings. The van der Waals surface area contributed by atoms with Crippen molar-refractivity contribution in [2.75, 3.05) is 18.0 Å². The van der Waals surface area contributed by atoms with Crippen LogP contribution in [-0.2, 0) is 0 Å². The molecule has 0 aromatic carbocycles. The van der Waals surface area contributed by atoms with Gasteiger partial charge in [0.25, 0.3) is 0 Å². The number of carbonyl (C=O) groups excluding carboxylic acids is 1. The molecule has 2 heterocycles. The largest absolute Gasteiger partial charge is 0.356 e. The molecule has 0 spiro atoms. The minimum Gasteiger partial charge on any atom is -0.356 e. The highest BCUT2D eigenvalue weighted by Crippen LogP contribution is 2.21. The molecule has 0 bridgehead atoms. The zero-order valence-corrected chi connectivity index (χ0v) is 9.81. The molecule has 1 aromatic heterocycles. The van der Waals surface area contributed by atoms with Crippen molar-refractivity contribution in [3.8, 4) is 0 Å². The fraction of sp³-hybridized carbons (Fsp3) is 0.583. The molecule has 86 valence electrons. The predicted molar refractivity (Wildman–Crippen MR) is 62.8 cm³/mol. The minimum atomic E-state index is 0.286. The Kier molecular flexibility index (Phi) is 3.17. The fourth-order valence-corrected chi connectivity index (χ4v) is 2.03. The van der Waals surface area contributed by atoms with Gasteiger partial charge >= 0.3 is 0 Å².